The fourth-order valence-electron chi connectivity index (χ4n) is 3.13. The van der Waals surface area contributed by atoms with E-state index in [4.69, 9.17) is 5.73 Å². The van der Waals surface area contributed by atoms with E-state index < -0.39 is 17.9 Å². The van der Waals surface area contributed by atoms with Crippen LogP contribution in [-0.2, 0) is 6.42 Å². The van der Waals surface area contributed by atoms with Crippen LogP contribution < -0.4 is 5.73 Å². The van der Waals surface area contributed by atoms with Gasteiger partial charge in [0.1, 0.15) is 6.17 Å². The minimum absolute atomic E-state index is 0.194. The number of benzene rings is 1. The molecule has 1 saturated carbocycles. The molecule has 2 unspecified atom stereocenters. The number of aliphatic hydroxyl groups excluding tert-OH is 1. The molecule has 1 aliphatic carbocycles. The molecule has 0 spiro atoms. The first-order valence-electron chi connectivity index (χ1n) is 7.88. The summed E-state index contributed by atoms with van der Waals surface area (Å²) < 4.78 is 14.5. The molecule has 118 valence electrons. The Hall–Kier alpha value is -0.970. The zero-order valence-corrected chi connectivity index (χ0v) is 12.5. The second-order valence-corrected chi connectivity index (χ2v) is 6.17. The van der Waals surface area contributed by atoms with Gasteiger partial charge in [0, 0.05) is 6.42 Å². The van der Waals surface area contributed by atoms with Gasteiger partial charge in [0.15, 0.2) is 0 Å². The lowest BCUT2D eigenvalue weighted by Gasteiger charge is -2.35. The highest BCUT2D eigenvalue weighted by atomic mass is 19.1. The molecule has 3 nitrogen and oxygen atoms in total. The maximum atomic E-state index is 14.5. The van der Waals surface area contributed by atoms with Crippen LogP contribution in [0.5, 0.6) is 0 Å². The van der Waals surface area contributed by atoms with Gasteiger partial charge in [-0.2, -0.15) is 0 Å². The van der Waals surface area contributed by atoms with Crippen molar-refractivity contribution < 1.29 is 14.6 Å². The predicted molar refractivity (Wildman–Crippen MR) is 81.7 cm³/mol. The second kappa shape index (κ2) is 7.34. The molecule has 0 aromatic heterocycles. The summed E-state index contributed by atoms with van der Waals surface area (Å²) in [6.45, 7) is 0.414. The number of hydrogen-bond acceptors (Lipinski definition) is 3. The summed E-state index contributed by atoms with van der Waals surface area (Å²) in [7, 11) is 0. The Morgan fingerprint density at radius 1 is 1.24 bits per heavy atom. The van der Waals surface area contributed by atoms with Crippen LogP contribution >= 0.6 is 0 Å². The largest absolute Gasteiger partial charge is 0.388 e. The summed E-state index contributed by atoms with van der Waals surface area (Å²) in [5, 5.41) is 20.4. The molecule has 1 aromatic carbocycles. The summed E-state index contributed by atoms with van der Waals surface area (Å²) in [5.41, 5.74) is 5.85. The van der Waals surface area contributed by atoms with E-state index >= 15 is 0 Å². The lowest BCUT2D eigenvalue weighted by atomic mass is 9.79. The Labute approximate surface area is 126 Å². The monoisotopic (exact) mass is 295 g/mol. The van der Waals surface area contributed by atoms with E-state index in [-0.39, 0.29) is 6.42 Å². The van der Waals surface area contributed by atoms with Crippen LogP contribution in [0.1, 0.15) is 55.8 Å². The van der Waals surface area contributed by atoms with Crippen LogP contribution in [0.25, 0.3) is 0 Å². The zero-order valence-electron chi connectivity index (χ0n) is 12.5. The third kappa shape index (κ3) is 4.25. The molecule has 1 fully saturated rings. The predicted octanol–water partition coefficient (Wildman–Crippen LogP) is 2.64. The van der Waals surface area contributed by atoms with E-state index in [2.05, 4.69) is 0 Å². The summed E-state index contributed by atoms with van der Waals surface area (Å²) in [5.74, 6) is 0. The number of rotatable bonds is 6. The molecule has 0 amide bonds. The molecule has 2 atom stereocenters. The van der Waals surface area contributed by atoms with E-state index in [1.807, 2.05) is 24.3 Å². The van der Waals surface area contributed by atoms with E-state index in [9.17, 15) is 14.6 Å². The highest BCUT2D eigenvalue weighted by molar-refractivity contribution is 5.26. The van der Waals surface area contributed by atoms with Crippen molar-refractivity contribution in [3.63, 3.8) is 0 Å². The van der Waals surface area contributed by atoms with Crippen LogP contribution in [0.4, 0.5) is 4.39 Å². The van der Waals surface area contributed by atoms with E-state index in [1.54, 1.807) is 0 Å². The summed E-state index contributed by atoms with van der Waals surface area (Å²) in [6, 6.07) is 7.31. The van der Waals surface area contributed by atoms with Crippen LogP contribution in [0, 0.1) is 0 Å². The maximum absolute atomic E-state index is 14.5. The van der Waals surface area contributed by atoms with E-state index in [0.717, 1.165) is 30.4 Å². The second-order valence-electron chi connectivity index (χ2n) is 6.17. The molecular weight excluding hydrogens is 269 g/mol. The Morgan fingerprint density at radius 3 is 2.62 bits per heavy atom. The standard InChI is InChI=1S/C17H26FNO2/c18-16(17(21)8-2-1-3-9-17)12-13-5-4-6-14(11-13)15(20)7-10-19/h4-6,11,15-16,20-21H,1-3,7-10,12,19H2. The number of halogens is 1. The van der Waals surface area contributed by atoms with Gasteiger partial charge in [0.25, 0.3) is 0 Å². The lowest BCUT2D eigenvalue weighted by Crippen LogP contribution is -2.42. The van der Waals surface area contributed by atoms with E-state index in [1.165, 1.54) is 0 Å². The van der Waals surface area contributed by atoms with Crippen molar-refractivity contribution >= 4 is 0 Å². The number of alkyl halides is 1. The topological polar surface area (TPSA) is 66.5 Å². The SMILES string of the molecule is NCCC(O)c1cccc(CC(F)C2(O)CCCCC2)c1. The van der Waals surface area contributed by atoms with Gasteiger partial charge in [-0.25, -0.2) is 4.39 Å². The van der Waals surface area contributed by atoms with Gasteiger partial charge < -0.3 is 15.9 Å². The van der Waals surface area contributed by atoms with Crippen molar-refractivity contribution in [3.05, 3.63) is 35.4 Å². The van der Waals surface area contributed by atoms with Gasteiger partial charge in [-0.1, -0.05) is 43.5 Å². The molecule has 0 bridgehead atoms. The number of nitrogens with two attached hydrogens (primary N) is 1. The Balaban J connectivity index is 2.03. The van der Waals surface area contributed by atoms with Gasteiger partial charge in [-0.15, -0.1) is 0 Å². The number of hydrogen-bond donors (Lipinski definition) is 3. The highest BCUT2D eigenvalue weighted by Gasteiger charge is 2.38. The van der Waals surface area contributed by atoms with Crippen LogP contribution in [-0.4, -0.2) is 28.5 Å². The highest BCUT2D eigenvalue weighted by Crippen LogP contribution is 2.34. The summed E-state index contributed by atoms with van der Waals surface area (Å²) in [6.07, 6.45) is 2.79. The molecule has 1 aromatic rings. The lowest BCUT2D eigenvalue weighted by molar-refractivity contribution is -0.0621. The van der Waals surface area contributed by atoms with Gasteiger partial charge in [0.2, 0.25) is 0 Å². The summed E-state index contributed by atoms with van der Waals surface area (Å²) >= 11 is 0. The molecule has 0 heterocycles. The van der Waals surface area contributed by atoms with Crippen molar-refractivity contribution in [2.24, 2.45) is 5.73 Å². The third-order valence-electron chi connectivity index (χ3n) is 4.49. The van der Waals surface area contributed by atoms with Gasteiger partial charge >= 0.3 is 0 Å². The van der Waals surface area contributed by atoms with Crippen molar-refractivity contribution in [2.45, 2.75) is 62.8 Å². The first kappa shape index (κ1) is 16.4. The van der Waals surface area contributed by atoms with Crippen LogP contribution in [0.2, 0.25) is 0 Å². The van der Waals surface area contributed by atoms with Gasteiger partial charge in [0.05, 0.1) is 11.7 Å². The van der Waals surface area contributed by atoms with Crippen molar-refractivity contribution in [1.82, 2.24) is 0 Å². The summed E-state index contributed by atoms with van der Waals surface area (Å²) in [4.78, 5) is 0. The van der Waals surface area contributed by atoms with Crippen LogP contribution in [0.3, 0.4) is 0 Å². The van der Waals surface area contributed by atoms with E-state index in [0.29, 0.717) is 25.8 Å². The molecule has 0 saturated heterocycles. The molecule has 2 rings (SSSR count). The average molecular weight is 295 g/mol. The van der Waals surface area contributed by atoms with Crippen molar-refractivity contribution in [2.75, 3.05) is 6.54 Å². The van der Waals surface area contributed by atoms with Gasteiger partial charge in [-0.05, 0) is 36.9 Å². The molecule has 0 radical (unpaired) electrons. The Bertz CT molecular complexity index is 446. The minimum Gasteiger partial charge on any atom is -0.388 e. The fourth-order valence-corrected chi connectivity index (χ4v) is 3.13. The zero-order chi connectivity index (χ0) is 15.3. The van der Waals surface area contributed by atoms with Crippen molar-refractivity contribution in [1.29, 1.82) is 0 Å². The molecule has 4 heteroatoms. The first-order chi connectivity index (χ1) is 10.0. The average Bonchev–Trinajstić information content (AvgIpc) is 2.48. The minimum atomic E-state index is -1.25. The molecule has 0 aliphatic heterocycles. The molecule has 21 heavy (non-hydrogen) atoms. The Kier molecular flexibility index (Phi) is 5.73. The van der Waals surface area contributed by atoms with Gasteiger partial charge in [-0.3, -0.25) is 0 Å². The molecular formula is C17H26FNO2. The smallest absolute Gasteiger partial charge is 0.133 e. The Morgan fingerprint density at radius 2 is 1.95 bits per heavy atom. The third-order valence-corrected chi connectivity index (χ3v) is 4.49. The number of aliphatic hydroxyl groups is 2. The quantitative estimate of drug-likeness (QED) is 0.756. The van der Waals surface area contributed by atoms with Crippen LogP contribution in [0.15, 0.2) is 24.3 Å². The normalized spacial score (nSPS) is 21.0. The fraction of sp³-hybridized carbons (Fsp3) is 0.647. The first-order valence-corrected chi connectivity index (χ1v) is 7.88. The maximum Gasteiger partial charge on any atom is 0.133 e. The molecule has 1 aliphatic rings. The molecule has 4 N–H and O–H groups in total. The van der Waals surface area contributed by atoms with Crippen molar-refractivity contribution in [3.8, 4) is 0 Å².